The summed E-state index contributed by atoms with van der Waals surface area (Å²) in [6.07, 6.45) is 2.09. The van der Waals surface area contributed by atoms with Gasteiger partial charge in [-0.3, -0.25) is 4.79 Å². The van der Waals surface area contributed by atoms with Crippen molar-refractivity contribution in [3.05, 3.63) is 11.6 Å². The van der Waals surface area contributed by atoms with Gasteiger partial charge in [-0.1, -0.05) is 13.8 Å². The first-order chi connectivity index (χ1) is 7.38. The number of carbonyl (C=O) groups is 1. The van der Waals surface area contributed by atoms with Gasteiger partial charge in [-0.25, -0.2) is 0 Å². The standard InChI is InChI=1S/C12H15NO3/c1-11(2)7-12(4-9(14)6-16-12)3-8(5-13)10(11)15/h3,9,14H,4,6-7H2,1-2H3. The summed E-state index contributed by atoms with van der Waals surface area (Å²) in [4.78, 5) is 11.9. The molecule has 1 aliphatic carbocycles. The van der Waals surface area contributed by atoms with Crippen molar-refractivity contribution in [2.45, 2.75) is 38.4 Å². The zero-order valence-electron chi connectivity index (χ0n) is 9.49. The molecule has 0 amide bonds. The number of Topliss-reactive ketones (excluding diaryl/α,β-unsaturated/α-hetero) is 1. The lowest BCUT2D eigenvalue weighted by Gasteiger charge is -2.37. The Balaban J connectivity index is 2.41. The van der Waals surface area contributed by atoms with Crippen LogP contribution >= 0.6 is 0 Å². The molecule has 2 aliphatic rings. The second-order valence-corrected chi connectivity index (χ2v) is 5.29. The van der Waals surface area contributed by atoms with E-state index in [-0.39, 0.29) is 18.0 Å². The summed E-state index contributed by atoms with van der Waals surface area (Å²) in [6, 6.07) is 1.93. The highest BCUT2D eigenvalue weighted by Crippen LogP contribution is 2.44. The van der Waals surface area contributed by atoms with E-state index in [0.717, 1.165) is 0 Å². The molecule has 1 spiro atoms. The van der Waals surface area contributed by atoms with Gasteiger partial charge in [0, 0.05) is 11.8 Å². The van der Waals surface area contributed by atoms with Gasteiger partial charge in [-0.15, -0.1) is 0 Å². The first-order valence-corrected chi connectivity index (χ1v) is 5.38. The number of rotatable bonds is 0. The van der Waals surface area contributed by atoms with Crippen LogP contribution in [0.1, 0.15) is 26.7 Å². The summed E-state index contributed by atoms with van der Waals surface area (Å²) in [5.41, 5.74) is -1.06. The largest absolute Gasteiger partial charge is 0.391 e. The predicted octanol–water partition coefficient (Wildman–Crippen LogP) is 0.955. The van der Waals surface area contributed by atoms with Gasteiger partial charge in [0.15, 0.2) is 5.78 Å². The molecule has 0 radical (unpaired) electrons. The Morgan fingerprint density at radius 2 is 2.31 bits per heavy atom. The van der Waals surface area contributed by atoms with E-state index in [4.69, 9.17) is 10.00 Å². The maximum atomic E-state index is 11.9. The van der Waals surface area contributed by atoms with Crippen LogP contribution in [0.15, 0.2) is 11.6 Å². The zero-order chi connectivity index (χ0) is 12.0. The number of aliphatic hydroxyl groups excluding tert-OH is 1. The average Bonchev–Trinajstić information content (AvgIpc) is 2.53. The maximum absolute atomic E-state index is 11.9. The number of allylic oxidation sites excluding steroid dienone is 1. The van der Waals surface area contributed by atoms with Crippen LogP contribution in [0.2, 0.25) is 0 Å². The van der Waals surface area contributed by atoms with Gasteiger partial charge in [-0.05, 0) is 12.5 Å². The van der Waals surface area contributed by atoms with Gasteiger partial charge in [0.2, 0.25) is 0 Å². The van der Waals surface area contributed by atoms with Crippen molar-refractivity contribution in [3.63, 3.8) is 0 Å². The van der Waals surface area contributed by atoms with E-state index in [9.17, 15) is 9.90 Å². The van der Waals surface area contributed by atoms with Crippen molar-refractivity contribution in [3.8, 4) is 6.07 Å². The summed E-state index contributed by atoms with van der Waals surface area (Å²) in [5.74, 6) is -0.134. The minimum atomic E-state index is -0.623. The van der Waals surface area contributed by atoms with E-state index in [1.807, 2.05) is 19.9 Å². The minimum Gasteiger partial charge on any atom is -0.391 e. The average molecular weight is 221 g/mol. The molecule has 0 aromatic heterocycles. The SMILES string of the molecule is CC1(C)CC2(C=C(C#N)C1=O)CC(O)CO2. The predicted molar refractivity (Wildman–Crippen MR) is 56.4 cm³/mol. The Morgan fingerprint density at radius 3 is 2.81 bits per heavy atom. The molecule has 4 nitrogen and oxygen atoms in total. The quantitative estimate of drug-likeness (QED) is 0.661. The van der Waals surface area contributed by atoms with Gasteiger partial charge < -0.3 is 9.84 Å². The number of carbonyl (C=O) groups excluding carboxylic acids is 1. The minimum absolute atomic E-state index is 0.134. The third-order valence-corrected chi connectivity index (χ3v) is 3.27. The molecule has 0 aromatic rings. The van der Waals surface area contributed by atoms with Crippen molar-refractivity contribution < 1.29 is 14.6 Å². The fourth-order valence-corrected chi connectivity index (χ4v) is 2.66. The molecule has 4 heteroatoms. The number of hydrogen-bond donors (Lipinski definition) is 1. The van der Waals surface area contributed by atoms with Crippen molar-refractivity contribution >= 4 is 5.78 Å². The molecule has 1 N–H and O–H groups in total. The third-order valence-electron chi connectivity index (χ3n) is 3.27. The summed E-state index contributed by atoms with van der Waals surface area (Å²) >= 11 is 0. The summed E-state index contributed by atoms with van der Waals surface area (Å²) in [5, 5.41) is 18.5. The smallest absolute Gasteiger partial charge is 0.178 e. The summed E-state index contributed by atoms with van der Waals surface area (Å²) < 4.78 is 5.58. The maximum Gasteiger partial charge on any atom is 0.178 e. The second kappa shape index (κ2) is 3.41. The summed E-state index contributed by atoms with van der Waals surface area (Å²) in [7, 11) is 0. The van der Waals surface area contributed by atoms with E-state index in [2.05, 4.69) is 0 Å². The molecule has 2 unspecified atom stereocenters. The lowest BCUT2D eigenvalue weighted by atomic mass is 9.69. The molecule has 16 heavy (non-hydrogen) atoms. The number of nitrogens with zero attached hydrogens (tertiary/aromatic N) is 1. The third kappa shape index (κ3) is 1.66. The molecule has 1 heterocycles. The van der Waals surface area contributed by atoms with E-state index < -0.39 is 17.1 Å². The Bertz CT molecular complexity index is 405. The Morgan fingerprint density at radius 1 is 1.62 bits per heavy atom. The number of ether oxygens (including phenoxy) is 1. The van der Waals surface area contributed by atoms with E-state index >= 15 is 0 Å². The Hall–Kier alpha value is -1.18. The van der Waals surface area contributed by atoms with Crippen LogP contribution in [0.4, 0.5) is 0 Å². The molecule has 0 bridgehead atoms. The van der Waals surface area contributed by atoms with E-state index in [0.29, 0.717) is 12.8 Å². The molecule has 1 saturated heterocycles. The second-order valence-electron chi connectivity index (χ2n) is 5.29. The first kappa shape index (κ1) is 11.3. The van der Waals surface area contributed by atoms with Crippen LogP contribution < -0.4 is 0 Å². The molecular weight excluding hydrogens is 206 g/mol. The van der Waals surface area contributed by atoms with E-state index in [1.165, 1.54) is 0 Å². The zero-order valence-corrected chi connectivity index (χ0v) is 9.49. The lowest BCUT2D eigenvalue weighted by molar-refractivity contribution is -0.127. The summed E-state index contributed by atoms with van der Waals surface area (Å²) in [6.45, 7) is 3.91. The molecule has 2 rings (SSSR count). The van der Waals surface area contributed by atoms with Gasteiger partial charge in [0.05, 0.1) is 23.9 Å². The molecule has 86 valence electrons. The van der Waals surface area contributed by atoms with Crippen LogP contribution in [-0.2, 0) is 9.53 Å². The van der Waals surface area contributed by atoms with Crippen molar-refractivity contribution in [1.82, 2.24) is 0 Å². The molecule has 0 saturated carbocycles. The van der Waals surface area contributed by atoms with Crippen LogP contribution in [-0.4, -0.2) is 29.2 Å². The molecule has 1 aliphatic heterocycles. The van der Waals surface area contributed by atoms with Gasteiger partial charge in [0.25, 0.3) is 0 Å². The van der Waals surface area contributed by atoms with Gasteiger partial charge >= 0.3 is 0 Å². The fraction of sp³-hybridized carbons (Fsp3) is 0.667. The lowest BCUT2D eigenvalue weighted by Crippen LogP contribution is -2.42. The highest BCUT2D eigenvalue weighted by atomic mass is 16.5. The number of nitriles is 1. The Labute approximate surface area is 94.5 Å². The number of hydrogen-bond acceptors (Lipinski definition) is 4. The van der Waals surface area contributed by atoms with Crippen molar-refractivity contribution in [2.24, 2.45) is 5.41 Å². The highest BCUT2D eigenvalue weighted by Gasteiger charge is 2.49. The molecular formula is C12H15NO3. The monoisotopic (exact) mass is 221 g/mol. The number of ketones is 1. The topological polar surface area (TPSA) is 70.3 Å². The van der Waals surface area contributed by atoms with Gasteiger partial charge in [0.1, 0.15) is 6.07 Å². The van der Waals surface area contributed by atoms with Crippen molar-refractivity contribution in [1.29, 1.82) is 5.26 Å². The van der Waals surface area contributed by atoms with Crippen LogP contribution in [0.25, 0.3) is 0 Å². The van der Waals surface area contributed by atoms with Crippen molar-refractivity contribution in [2.75, 3.05) is 6.61 Å². The highest BCUT2D eigenvalue weighted by molar-refractivity contribution is 6.03. The van der Waals surface area contributed by atoms with Crippen LogP contribution in [0.3, 0.4) is 0 Å². The Kier molecular flexibility index (Phi) is 2.41. The van der Waals surface area contributed by atoms with Gasteiger partial charge in [-0.2, -0.15) is 5.26 Å². The first-order valence-electron chi connectivity index (χ1n) is 5.38. The fourth-order valence-electron chi connectivity index (χ4n) is 2.66. The molecule has 0 aromatic carbocycles. The normalized spacial score (nSPS) is 37.2. The van der Waals surface area contributed by atoms with Crippen LogP contribution in [0, 0.1) is 16.7 Å². The van der Waals surface area contributed by atoms with Crippen LogP contribution in [0.5, 0.6) is 0 Å². The molecule has 1 fully saturated rings. The number of aliphatic hydroxyl groups is 1. The molecule has 2 atom stereocenters. The van der Waals surface area contributed by atoms with E-state index in [1.54, 1.807) is 6.08 Å².